The van der Waals surface area contributed by atoms with Crippen LogP contribution in [0.4, 0.5) is 0 Å². The molecule has 198 valence electrons. The van der Waals surface area contributed by atoms with Crippen LogP contribution in [0.15, 0.2) is 41.4 Å². The van der Waals surface area contributed by atoms with Crippen molar-refractivity contribution in [2.75, 3.05) is 6.54 Å². The Morgan fingerprint density at radius 1 is 1.19 bits per heavy atom. The summed E-state index contributed by atoms with van der Waals surface area (Å²) in [4.78, 5) is 57.3. The molecule has 0 aliphatic carbocycles. The number of hydrogen-bond donors (Lipinski definition) is 1. The van der Waals surface area contributed by atoms with Gasteiger partial charge in [0.1, 0.15) is 11.8 Å². The second kappa shape index (κ2) is 12.9. The third-order valence-electron chi connectivity index (χ3n) is 6.88. The van der Waals surface area contributed by atoms with Crippen molar-refractivity contribution in [3.05, 3.63) is 52.7 Å². The minimum atomic E-state index is -0.522. The Hall–Kier alpha value is -3.13. The van der Waals surface area contributed by atoms with Crippen molar-refractivity contribution < 1.29 is 19.2 Å². The number of aryl methyl sites for hydroxylation is 1. The molecule has 8 heteroatoms. The predicted octanol–water partition coefficient (Wildman–Crippen LogP) is 4.88. The van der Waals surface area contributed by atoms with Gasteiger partial charge in [0, 0.05) is 31.8 Å². The van der Waals surface area contributed by atoms with Crippen LogP contribution < -0.4 is 5.32 Å². The zero-order chi connectivity index (χ0) is 27.1. The molecule has 0 saturated carbocycles. The van der Waals surface area contributed by atoms with Gasteiger partial charge in [-0.25, -0.2) is 4.98 Å². The van der Waals surface area contributed by atoms with E-state index in [-0.39, 0.29) is 42.1 Å². The first-order valence-electron chi connectivity index (χ1n) is 12.9. The van der Waals surface area contributed by atoms with Crippen LogP contribution in [0.1, 0.15) is 64.6 Å². The molecule has 3 rings (SSSR count). The van der Waals surface area contributed by atoms with Crippen molar-refractivity contribution in [2.45, 2.75) is 72.9 Å². The number of amides is 2. The maximum atomic E-state index is 13.3. The molecule has 0 radical (unpaired) electrons. The maximum Gasteiger partial charge on any atom is 0.243 e. The van der Waals surface area contributed by atoms with Gasteiger partial charge in [0.05, 0.1) is 16.1 Å². The summed E-state index contributed by atoms with van der Waals surface area (Å²) in [7, 11) is 0. The average molecular weight is 524 g/mol. The van der Waals surface area contributed by atoms with Crippen LogP contribution in [0.3, 0.4) is 0 Å². The van der Waals surface area contributed by atoms with Crippen molar-refractivity contribution in [1.29, 1.82) is 0 Å². The van der Waals surface area contributed by atoms with Crippen molar-refractivity contribution in [1.82, 2.24) is 15.2 Å². The van der Waals surface area contributed by atoms with Crippen LogP contribution in [0.25, 0.3) is 10.4 Å². The molecule has 0 bridgehead atoms. The number of likely N-dealkylation sites (tertiary alicyclic amines) is 1. The number of nitrogens with zero attached hydrogens (tertiary/aromatic N) is 2. The lowest BCUT2D eigenvalue weighted by Crippen LogP contribution is -2.47. The first kappa shape index (κ1) is 28.4. The van der Waals surface area contributed by atoms with Gasteiger partial charge in [-0.1, -0.05) is 44.2 Å². The lowest BCUT2D eigenvalue weighted by molar-refractivity contribution is -0.141. The number of hydrogen-bond acceptors (Lipinski definition) is 6. The highest BCUT2D eigenvalue weighted by molar-refractivity contribution is 7.13. The molecule has 3 atom stereocenters. The Labute approximate surface area is 223 Å². The van der Waals surface area contributed by atoms with Crippen LogP contribution in [0.2, 0.25) is 0 Å². The highest BCUT2D eigenvalue weighted by Gasteiger charge is 2.39. The van der Waals surface area contributed by atoms with Crippen LogP contribution in [0.5, 0.6) is 0 Å². The number of nitrogens with one attached hydrogen (secondary N) is 1. The van der Waals surface area contributed by atoms with Crippen LogP contribution in [-0.2, 0) is 25.7 Å². The highest BCUT2D eigenvalue weighted by atomic mass is 32.1. The van der Waals surface area contributed by atoms with E-state index in [0.29, 0.717) is 31.5 Å². The highest BCUT2D eigenvalue weighted by Crippen LogP contribution is 2.28. The van der Waals surface area contributed by atoms with E-state index in [0.717, 1.165) is 21.7 Å². The molecule has 1 fully saturated rings. The molecule has 2 aromatic rings. The lowest BCUT2D eigenvalue weighted by atomic mass is 9.94. The maximum absolute atomic E-state index is 13.3. The predicted molar refractivity (Wildman–Crippen MR) is 146 cm³/mol. The SMILES string of the molecule is C/C=C(/CC(C)C(=O)N1CC(C)CC1C(=O)NCc1ccc(-c2scnc2C)cc1)C(=O)CCC(C)=O. The van der Waals surface area contributed by atoms with Crippen LogP contribution in [-0.4, -0.2) is 45.9 Å². The Kier molecular flexibility index (Phi) is 9.92. The molecule has 0 spiro atoms. The van der Waals surface area contributed by atoms with Crippen LogP contribution >= 0.6 is 11.3 Å². The van der Waals surface area contributed by atoms with Crippen LogP contribution in [0, 0.1) is 18.8 Å². The smallest absolute Gasteiger partial charge is 0.243 e. The van der Waals surface area contributed by atoms with E-state index < -0.39 is 12.0 Å². The van der Waals surface area contributed by atoms with E-state index in [1.54, 1.807) is 36.2 Å². The average Bonchev–Trinajstić information content (AvgIpc) is 3.49. The van der Waals surface area contributed by atoms with Crippen molar-refractivity contribution in [3.8, 4) is 10.4 Å². The van der Waals surface area contributed by atoms with E-state index >= 15 is 0 Å². The Bertz CT molecular complexity index is 1170. The summed E-state index contributed by atoms with van der Waals surface area (Å²) in [6.07, 6.45) is 3.01. The van der Waals surface area contributed by atoms with Crippen molar-refractivity contribution in [2.24, 2.45) is 11.8 Å². The number of rotatable bonds is 11. The fourth-order valence-corrected chi connectivity index (χ4v) is 5.55. The van der Waals surface area contributed by atoms with Gasteiger partial charge in [-0.05, 0) is 56.2 Å². The Morgan fingerprint density at radius 2 is 1.89 bits per heavy atom. The second-order valence-electron chi connectivity index (χ2n) is 10.1. The van der Waals surface area contributed by atoms with Gasteiger partial charge >= 0.3 is 0 Å². The zero-order valence-electron chi connectivity index (χ0n) is 22.4. The monoisotopic (exact) mass is 523 g/mol. The number of allylic oxidation sites excluding steroid dienone is 2. The van der Waals surface area contributed by atoms with Gasteiger partial charge in [-0.15, -0.1) is 11.3 Å². The van der Waals surface area contributed by atoms with E-state index in [4.69, 9.17) is 0 Å². The number of carbonyl (C=O) groups is 4. The van der Waals surface area contributed by atoms with Crippen molar-refractivity contribution >= 4 is 34.7 Å². The van der Waals surface area contributed by atoms with Crippen molar-refractivity contribution in [3.63, 3.8) is 0 Å². The molecule has 2 amide bonds. The lowest BCUT2D eigenvalue weighted by Gasteiger charge is -2.27. The quantitative estimate of drug-likeness (QED) is 0.424. The van der Waals surface area contributed by atoms with E-state index in [1.165, 1.54) is 6.92 Å². The topological polar surface area (TPSA) is 96.4 Å². The molecule has 1 saturated heterocycles. The molecule has 1 aromatic carbocycles. The molecular formula is C29H37N3O4S. The number of aromatic nitrogens is 1. The third-order valence-corrected chi connectivity index (χ3v) is 7.86. The summed E-state index contributed by atoms with van der Waals surface area (Å²) >= 11 is 1.60. The summed E-state index contributed by atoms with van der Waals surface area (Å²) < 4.78 is 0. The van der Waals surface area contributed by atoms with Gasteiger partial charge < -0.3 is 15.0 Å². The summed E-state index contributed by atoms with van der Waals surface area (Å²) in [5, 5.41) is 3.01. The zero-order valence-corrected chi connectivity index (χ0v) is 23.2. The summed E-state index contributed by atoms with van der Waals surface area (Å²) in [5.41, 5.74) is 5.49. The minimum absolute atomic E-state index is 0.0290. The molecule has 1 aromatic heterocycles. The Morgan fingerprint density at radius 3 is 2.49 bits per heavy atom. The fourth-order valence-electron chi connectivity index (χ4n) is 4.74. The molecule has 37 heavy (non-hydrogen) atoms. The Balaban J connectivity index is 1.59. The largest absolute Gasteiger partial charge is 0.350 e. The fraction of sp³-hybridized carbons (Fsp3) is 0.483. The molecule has 7 nitrogen and oxygen atoms in total. The number of thiazole rings is 1. The first-order valence-corrected chi connectivity index (χ1v) is 13.7. The molecule has 1 N–H and O–H groups in total. The summed E-state index contributed by atoms with van der Waals surface area (Å²) in [6, 6.07) is 7.55. The molecule has 2 heterocycles. The minimum Gasteiger partial charge on any atom is -0.350 e. The van der Waals surface area contributed by atoms with E-state index in [2.05, 4.69) is 10.3 Å². The van der Waals surface area contributed by atoms with E-state index in [1.807, 2.05) is 43.6 Å². The molecule has 1 aliphatic rings. The first-order chi connectivity index (χ1) is 17.6. The van der Waals surface area contributed by atoms with Gasteiger partial charge in [0.15, 0.2) is 5.78 Å². The van der Waals surface area contributed by atoms with Gasteiger partial charge in [0.2, 0.25) is 11.8 Å². The summed E-state index contributed by atoms with van der Waals surface area (Å²) in [6.45, 7) is 9.98. The second-order valence-corrected chi connectivity index (χ2v) is 10.9. The summed E-state index contributed by atoms with van der Waals surface area (Å²) in [5.74, 6) is -0.622. The number of ketones is 2. The van der Waals surface area contributed by atoms with Gasteiger partial charge in [0.25, 0.3) is 0 Å². The number of Topliss-reactive ketones (excluding diaryl/α,β-unsaturated/α-hetero) is 2. The van der Waals surface area contributed by atoms with Gasteiger partial charge in [-0.2, -0.15) is 0 Å². The van der Waals surface area contributed by atoms with E-state index in [9.17, 15) is 19.2 Å². The number of benzene rings is 1. The normalized spacial score (nSPS) is 18.5. The third kappa shape index (κ3) is 7.44. The molecule has 1 aliphatic heterocycles. The van der Waals surface area contributed by atoms with Gasteiger partial charge in [-0.3, -0.25) is 14.4 Å². The standard InChI is InChI=1S/C29H37N3O4S/c1-6-23(26(34)12-7-20(4)33)14-19(3)29(36)32-16-18(2)13-25(32)28(35)30-15-22-8-10-24(11-9-22)27-21(5)31-17-37-27/h6,8-11,17-19,25H,7,12-16H2,1-5H3,(H,30,35)/b23-6-. The molecular weight excluding hydrogens is 486 g/mol. The molecule has 3 unspecified atom stereocenters. The number of carbonyl (C=O) groups excluding carboxylic acids is 4.